The first kappa shape index (κ1) is 15.6. The zero-order valence-electron chi connectivity index (χ0n) is 15.1. The van der Waals surface area contributed by atoms with Crippen LogP contribution >= 0.6 is 0 Å². The van der Waals surface area contributed by atoms with Gasteiger partial charge in [0.15, 0.2) is 0 Å². The van der Waals surface area contributed by atoms with Gasteiger partial charge in [0.05, 0.1) is 6.21 Å². The molecule has 1 spiro atoms. The molecule has 2 aliphatic rings. The second-order valence-corrected chi connectivity index (χ2v) is 7.93. The van der Waals surface area contributed by atoms with E-state index in [1.807, 2.05) is 30.7 Å². The molecule has 0 aliphatic carbocycles. The Morgan fingerprint density at radius 2 is 2.00 bits per heavy atom. The number of aromatic nitrogens is 1. The summed E-state index contributed by atoms with van der Waals surface area (Å²) in [5.74, 6) is 2.00. The van der Waals surface area contributed by atoms with Crippen LogP contribution in [0.15, 0.2) is 35.6 Å². The standard InChI is InChI=1S/C20H25N3O/c1-13-11-23(5)20(19(3,4)14(13)2)12-22-18-16-10-21-9-8-15(16)6-7-17(18)24-20/h6-10,12-14H,11H2,1-5H3. The Bertz CT molecular complexity index is 829. The summed E-state index contributed by atoms with van der Waals surface area (Å²) in [4.78, 5) is 11.4. The fourth-order valence-electron chi connectivity index (χ4n) is 4.42. The average molecular weight is 323 g/mol. The van der Waals surface area contributed by atoms with Crippen molar-refractivity contribution in [3.8, 4) is 5.75 Å². The maximum atomic E-state index is 6.66. The molecule has 1 aromatic heterocycles. The van der Waals surface area contributed by atoms with E-state index in [9.17, 15) is 0 Å². The van der Waals surface area contributed by atoms with Crippen LogP contribution in [-0.2, 0) is 0 Å². The van der Waals surface area contributed by atoms with Crippen LogP contribution in [0.3, 0.4) is 0 Å². The first-order chi connectivity index (χ1) is 11.4. The van der Waals surface area contributed by atoms with E-state index in [1.54, 1.807) is 0 Å². The third-order valence-electron chi connectivity index (χ3n) is 6.44. The summed E-state index contributed by atoms with van der Waals surface area (Å²) in [6, 6.07) is 6.14. The molecule has 0 radical (unpaired) electrons. The van der Waals surface area contributed by atoms with Crippen LogP contribution in [0.25, 0.3) is 10.8 Å². The highest BCUT2D eigenvalue weighted by molar-refractivity contribution is 5.97. The van der Waals surface area contributed by atoms with Gasteiger partial charge in [-0.1, -0.05) is 33.8 Å². The van der Waals surface area contributed by atoms with Crippen molar-refractivity contribution in [3.63, 3.8) is 0 Å². The maximum Gasteiger partial charge on any atom is 0.205 e. The number of hydrogen-bond acceptors (Lipinski definition) is 4. The van der Waals surface area contributed by atoms with Crippen LogP contribution in [0, 0.1) is 17.3 Å². The second kappa shape index (κ2) is 5.03. The minimum absolute atomic E-state index is 0.0511. The normalized spacial score (nSPS) is 31.9. The zero-order chi connectivity index (χ0) is 17.1. The van der Waals surface area contributed by atoms with Crippen LogP contribution in [0.1, 0.15) is 27.7 Å². The lowest BCUT2D eigenvalue weighted by Gasteiger charge is -2.58. The van der Waals surface area contributed by atoms with Gasteiger partial charge < -0.3 is 4.74 Å². The Morgan fingerprint density at radius 3 is 2.79 bits per heavy atom. The lowest BCUT2D eigenvalue weighted by Crippen LogP contribution is -2.69. The summed E-state index contributed by atoms with van der Waals surface area (Å²) < 4.78 is 6.66. The van der Waals surface area contributed by atoms with Crippen molar-refractivity contribution in [1.82, 2.24) is 9.88 Å². The summed E-state index contributed by atoms with van der Waals surface area (Å²) >= 11 is 0. The lowest BCUT2D eigenvalue weighted by molar-refractivity contribution is -0.164. The number of hydrogen-bond donors (Lipinski definition) is 0. The minimum atomic E-state index is -0.512. The number of benzene rings is 1. The quantitative estimate of drug-likeness (QED) is 0.726. The van der Waals surface area contributed by atoms with Gasteiger partial charge >= 0.3 is 0 Å². The number of rotatable bonds is 0. The van der Waals surface area contributed by atoms with Crippen LogP contribution in [-0.4, -0.2) is 35.4 Å². The van der Waals surface area contributed by atoms with Gasteiger partial charge in [-0.3, -0.25) is 14.9 Å². The predicted octanol–water partition coefficient (Wildman–Crippen LogP) is 4.27. The molecule has 4 rings (SSSR count). The van der Waals surface area contributed by atoms with Crippen molar-refractivity contribution in [2.75, 3.05) is 13.6 Å². The smallest absolute Gasteiger partial charge is 0.205 e. The van der Waals surface area contributed by atoms with E-state index in [1.165, 1.54) is 0 Å². The maximum absolute atomic E-state index is 6.66. The molecule has 2 aromatic rings. The molecule has 0 amide bonds. The van der Waals surface area contributed by atoms with Gasteiger partial charge in [0.1, 0.15) is 11.4 Å². The van der Waals surface area contributed by atoms with E-state index in [4.69, 9.17) is 9.73 Å². The molecule has 24 heavy (non-hydrogen) atoms. The summed E-state index contributed by atoms with van der Waals surface area (Å²) in [5.41, 5.74) is 0.327. The van der Waals surface area contributed by atoms with E-state index in [0.717, 1.165) is 28.8 Å². The van der Waals surface area contributed by atoms with Gasteiger partial charge in [0.2, 0.25) is 5.72 Å². The van der Waals surface area contributed by atoms with Crippen molar-refractivity contribution in [1.29, 1.82) is 0 Å². The second-order valence-electron chi connectivity index (χ2n) is 7.93. The molecule has 1 fully saturated rings. The molecule has 4 nitrogen and oxygen atoms in total. The molecule has 3 heterocycles. The van der Waals surface area contributed by atoms with Gasteiger partial charge in [0.25, 0.3) is 0 Å². The fraction of sp³-hybridized carbons (Fsp3) is 0.500. The minimum Gasteiger partial charge on any atom is -0.464 e. The van der Waals surface area contributed by atoms with Crippen molar-refractivity contribution in [2.45, 2.75) is 33.4 Å². The monoisotopic (exact) mass is 323 g/mol. The van der Waals surface area contributed by atoms with Crippen LogP contribution in [0.2, 0.25) is 0 Å². The van der Waals surface area contributed by atoms with Crippen LogP contribution < -0.4 is 4.74 Å². The number of likely N-dealkylation sites (tertiary alicyclic amines) is 1. The van der Waals surface area contributed by atoms with E-state index in [-0.39, 0.29) is 5.41 Å². The summed E-state index contributed by atoms with van der Waals surface area (Å²) in [6.07, 6.45) is 5.70. The van der Waals surface area contributed by atoms with Gasteiger partial charge in [-0.05, 0) is 36.4 Å². The first-order valence-corrected chi connectivity index (χ1v) is 8.69. The van der Waals surface area contributed by atoms with Crippen molar-refractivity contribution in [2.24, 2.45) is 22.2 Å². The Labute approximate surface area is 143 Å². The molecule has 1 aromatic carbocycles. The molecule has 0 saturated carbocycles. The number of pyridine rings is 1. The Kier molecular flexibility index (Phi) is 3.26. The summed E-state index contributed by atoms with van der Waals surface area (Å²) in [6.45, 7) is 10.2. The first-order valence-electron chi connectivity index (χ1n) is 8.69. The number of ether oxygens (including phenoxy) is 1. The Hall–Kier alpha value is -1.94. The highest BCUT2D eigenvalue weighted by atomic mass is 16.5. The number of fused-ring (bicyclic) bond motifs is 3. The van der Waals surface area contributed by atoms with E-state index < -0.39 is 5.72 Å². The van der Waals surface area contributed by atoms with E-state index >= 15 is 0 Å². The molecule has 0 N–H and O–H groups in total. The Morgan fingerprint density at radius 1 is 1.21 bits per heavy atom. The van der Waals surface area contributed by atoms with Gasteiger partial charge in [-0.15, -0.1) is 0 Å². The molecular weight excluding hydrogens is 298 g/mol. The fourth-order valence-corrected chi connectivity index (χ4v) is 4.42. The van der Waals surface area contributed by atoms with Crippen molar-refractivity contribution >= 4 is 22.7 Å². The molecule has 0 bridgehead atoms. The average Bonchev–Trinajstić information content (AvgIpc) is 2.58. The highest BCUT2D eigenvalue weighted by Crippen LogP contribution is 2.52. The highest BCUT2D eigenvalue weighted by Gasteiger charge is 2.58. The predicted molar refractivity (Wildman–Crippen MR) is 98.0 cm³/mol. The van der Waals surface area contributed by atoms with E-state index in [0.29, 0.717) is 11.8 Å². The largest absolute Gasteiger partial charge is 0.464 e. The number of aliphatic imine (C=N–C) groups is 1. The molecule has 1 saturated heterocycles. The van der Waals surface area contributed by atoms with Gasteiger partial charge in [0, 0.05) is 29.7 Å². The molecule has 2 aliphatic heterocycles. The molecular formula is C20H25N3O. The topological polar surface area (TPSA) is 37.7 Å². The van der Waals surface area contributed by atoms with Gasteiger partial charge in [-0.25, -0.2) is 0 Å². The molecule has 126 valence electrons. The van der Waals surface area contributed by atoms with Crippen LogP contribution in [0.4, 0.5) is 5.69 Å². The van der Waals surface area contributed by atoms with E-state index in [2.05, 4.69) is 50.7 Å². The SMILES string of the molecule is CC1CN(C)C2(C=Nc3c(ccc4ccncc34)O2)C(C)(C)C1C. The third kappa shape index (κ3) is 1.89. The zero-order valence-corrected chi connectivity index (χ0v) is 15.1. The number of nitrogens with zero attached hydrogens (tertiary/aromatic N) is 3. The molecule has 4 heteroatoms. The lowest BCUT2D eigenvalue weighted by atomic mass is 9.63. The molecule has 3 atom stereocenters. The van der Waals surface area contributed by atoms with Crippen molar-refractivity contribution in [3.05, 3.63) is 30.6 Å². The number of piperidine rings is 1. The molecule has 3 unspecified atom stereocenters. The summed E-state index contributed by atoms with van der Waals surface area (Å²) in [7, 11) is 2.14. The summed E-state index contributed by atoms with van der Waals surface area (Å²) in [5, 5.41) is 2.18. The van der Waals surface area contributed by atoms with Gasteiger partial charge in [-0.2, -0.15) is 0 Å². The Balaban J connectivity index is 1.87. The van der Waals surface area contributed by atoms with Crippen molar-refractivity contribution < 1.29 is 4.74 Å². The third-order valence-corrected chi connectivity index (χ3v) is 6.44. The van der Waals surface area contributed by atoms with Crippen LogP contribution in [0.5, 0.6) is 5.75 Å².